The quantitative estimate of drug-likeness (QED) is 0.396. The fraction of sp³-hybridized carbons (Fsp3) is 0.231. The van der Waals surface area contributed by atoms with Crippen LogP contribution in [0.4, 0.5) is 0 Å². The molecule has 0 bridgehead atoms. The third kappa shape index (κ3) is 5.00. The number of carbonyl (C=O) groups is 1. The summed E-state index contributed by atoms with van der Waals surface area (Å²) < 4.78 is 2.25. The number of nitrogens with zero attached hydrogens (tertiary/aromatic N) is 2. The van der Waals surface area contributed by atoms with Crippen molar-refractivity contribution in [1.82, 2.24) is 14.9 Å². The highest BCUT2D eigenvalue weighted by atomic mass is 32.2. The molecule has 0 radical (unpaired) electrons. The summed E-state index contributed by atoms with van der Waals surface area (Å²) >= 11 is 1.78. The van der Waals surface area contributed by atoms with Gasteiger partial charge in [-0.25, -0.2) is 4.98 Å². The van der Waals surface area contributed by atoms with E-state index in [0.717, 1.165) is 29.0 Å². The maximum absolute atomic E-state index is 13.0. The molecule has 0 aliphatic carbocycles. The molecule has 4 rings (SSSR count). The molecule has 1 amide bonds. The van der Waals surface area contributed by atoms with E-state index in [1.54, 1.807) is 11.8 Å². The lowest BCUT2D eigenvalue weighted by Crippen LogP contribution is -2.31. The van der Waals surface area contributed by atoms with Crippen LogP contribution in [0.5, 0.6) is 0 Å². The van der Waals surface area contributed by atoms with Crippen molar-refractivity contribution in [3.8, 4) is 0 Å². The van der Waals surface area contributed by atoms with Gasteiger partial charge in [0.15, 0.2) is 0 Å². The Bertz CT molecular complexity index is 1150. The molecule has 0 aliphatic rings. The molecule has 1 atom stereocenters. The standard InChI is InChI=1S/C26H27N3OS/c1-19-12-14-20(15-13-19)18-29-24-11-7-6-10-22(24)27-25(29)23(16-17-31-2)28-26(30)21-8-4-3-5-9-21/h3-15,23H,16-18H2,1-2H3,(H,28,30)/t23-/m0/s1. The number of thioether (sulfide) groups is 1. The number of aromatic nitrogens is 2. The SMILES string of the molecule is CSCC[C@H](NC(=O)c1ccccc1)c1nc2ccccc2n1Cc1ccc(C)cc1. The summed E-state index contributed by atoms with van der Waals surface area (Å²) in [6, 6.07) is 26.0. The van der Waals surface area contributed by atoms with E-state index >= 15 is 0 Å². The Morgan fingerprint density at radius 2 is 1.71 bits per heavy atom. The predicted molar refractivity (Wildman–Crippen MR) is 130 cm³/mol. The van der Waals surface area contributed by atoms with Crippen LogP contribution in [0.25, 0.3) is 11.0 Å². The van der Waals surface area contributed by atoms with Crippen molar-refractivity contribution in [1.29, 1.82) is 0 Å². The third-order valence-electron chi connectivity index (χ3n) is 5.41. The number of nitrogens with one attached hydrogen (secondary N) is 1. The average molecular weight is 430 g/mol. The monoisotopic (exact) mass is 429 g/mol. The molecular formula is C26H27N3OS. The first-order chi connectivity index (χ1) is 15.2. The van der Waals surface area contributed by atoms with Gasteiger partial charge in [0.25, 0.3) is 5.91 Å². The maximum Gasteiger partial charge on any atom is 0.251 e. The van der Waals surface area contributed by atoms with Crippen LogP contribution in [0.1, 0.15) is 39.8 Å². The van der Waals surface area contributed by atoms with Crippen LogP contribution in [0.15, 0.2) is 78.9 Å². The second kappa shape index (κ2) is 9.84. The lowest BCUT2D eigenvalue weighted by atomic mass is 10.1. The molecule has 1 heterocycles. The van der Waals surface area contributed by atoms with Crippen molar-refractivity contribution in [2.75, 3.05) is 12.0 Å². The van der Waals surface area contributed by atoms with Gasteiger partial charge in [-0.3, -0.25) is 4.79 Å². The molecule has 0 saturated heterocycles. The first-order valence-corrected chi connectivity index (χ1v) is 11.9. The van der Waals surface area contributed by atoms with Gasteiger partial charge in [-0.15, -0.1) is 0 Å². The average Bonchev–Trinajstić information content (AvgIpc) is 3.17. The second-order valence-corrected chi connectivity index (χ2v) is 8.69. The smallest absolute Gasteiger partial charge is 0.251 e. The van der Waals surface area contributed by atoms with Gasteiger partial charge in [0, 0.05) is 12.1 Å². The van der Waals surface area contributed by atoms with Crippen molar-refractivity contribution >= 4 is 28.7 Å². The fourth-order valence-corrected chi connectivity index (χ4v) is 4.21. The molecule has 0 spiro atoms. The Labute approximate surface area is 187 Å². The van der Waals surface area contributed by atoms with Crippen LogP contribution in [-0.4, -0.2) is 27.5 Å². The third-order valence-corrected chi connectivity index (χ3v) is 6.05. The molecule has 3 aromatic carbocycles. The number of hydrogen-bond donors (Lipinski definition) is 1. The minimum atomic E-state index is -0.169. The van der Waals surface area contributed by atoms with Crippen molar-refractivity contribution in [3.05, 3.63) is 101 Å². The van der Waals surface area contributed by atoms with E-state index in [2.05, 4.69) is 53.4 Å². The molecule has 5 heteroatoms. The van der Waals surface area contributed by atoms with Crippen molar-refractivity contribution in [3.63, 3.8) is 0 Å². The fourth-order valence-electron chi connectivity index (χ4n) is 3.74. The lowest BCUT2D eigenvalue weighted by Gasteiger charge is -2.20. The highest BCUT2D eigenvalue weighted by Gasteiger charge is 2.22. The number of amides is 1. The second-order valence-electron chi connectivity index (χ2n) is 7.70. The molecular weight excluding hydrogens is 402 g/mol. The number of hydrogen-bond acceptors (Lipinski definition) is 3. The van der Waals surface area contributed by atoms with Crippen molar-refractivity contribution in [2.45, 2.75) is 25.9 Å². The van der Waals surface area contributed by atoms with E-state index in [1.165, 1.54) is 11.1 Å². The summed E-state index contributed by atoms with van der Waals surface area (Å²) in [6.45, 7) is 2.81. The van der Waals surface area contributed by atoms with Crippen molar-refractivity contribution in [2.24, 2.45) is 0 Å². The summed E-state index contributed by atoms with van der Waals surface area (Å²) in [7, 11) is 0. The van der Waals surface area contributed by atoms with E-state index in [9.17, 15) is 4.79 Å². The molecule has 0 saturated carbocycles. The molecule has 1 N–H and O–H groups in total. The minimum Gasteiger partial charge on any atom is -0.342 e. The molecule has 1 aromatic heterocycles. The largest absolute Gasteiger partial charge is 0.342 e. The number of imidazole rings is 1. The zero-order valence-corrected chi connectivity index (χ0v) is 18.7. The zero-order chi connectivity index (χ0) is 21.6. The Kier molecular flexibility index (Phi) is 6.73. The number of fused-ring (bicyclic) bond motifs is 1. The molecule has 4 nitrogen and oxygen atoms in total. The summed E-state index contributed by atoms with van der Waals surface area (Å²) in [6.07, 6.45) is 2.91. The number of aryl methyl sites for hydroxylation is 1. The van der Waals surface area contributed by atoms with E-state index in [0.29, 0.717) is 12.1 Å². The lowest BCUT2D eigenvalue weighted by molar-refractivity contribution is 0.0933. The van der Waals surface area contributed by atoms with Crippen LogP contribution < -0.4 is 5.32 Å². The van der Waals surface area contributed by atoms with Gasteiger partial charge in [-0.1, -0.05) is 60.2 Å². The highest BCUT2D eigenvalue weighted by molar-refractivity contribution is 7.98. The first-order valence-electron chi connectivity index (χ1n) is 10.5. The van der Waals surface area contributed by atoms with E-state index in [4.69, 9.17) is 4.98 Å². The summed E-state index contributed by atoms with van der Waals surface area (Å²) in [5.41, 5.74) is 5.16. The summed E-state index contributed by atoms with van der Waals surface area (Å²) in [5, 5.41) is 3.25. The van der Waals surface area contributed by atoms with Crippen LogP contribution in [0.2, 0.25) is 0 Å². The zero-order valence-electron chi connectivity index (χ0n) is 17.9. The Morgan fingerprint density at radius 1 is 1.00 bits per heavy atom. The van der Waals surface area contributed by atoms with Gasteiger partial charge in [0.2, 0.25) is 0 Å². The van der Waals surface area contributed by atoms with E-state index in [-0.39, 0.29) is 11.9 Å². The van der Waals surface area contributed by atoms with Gasteiger partial charge in [0.1, 0.15) is 5.82 Å². The van der Waals surface area contributed by atoms with Gasteiger partial charge in [-0.05, 0) is 55.2 Å². The highest BCUT2D eigenvalue weighted by Crippen LogP contribution is 2.26. The van der Waals surface area contributed by atoms with Gasteiger partial charge >= 0.3 is 0 Å². The Balaban J connectivity index is 1.72. The number of carbonyl (C=O) groups excluding carboxylic acids is 1. The van der Waals surface area contributed by atoms with E-state index in [1.807, 2.05) is 48.5 Å². The Morgan fingerprint density at radius 3 is 2.45 bits per heavy atom. The van der Waals surface area contributed by atoms with Crippen LogP contribution in [0.3, 0.4) is 0 Å². The number of para-hydroxylation sites is 2. The summed E-state index contributed by atoms with van der Waals surface area (Å²) in [4.78, 5) is 17.9. The minimum absolute atomic E-state index is 0.0688. The normalized spacial score (nSPS) is 12.1. The molecule has 158 valence electrons. The van der Waals surface area contributed by atoms with Gasteiger partial charge < -0.3 is 9.88 Å². The first kappa shape index (κ1) is 21.2. The van der Waals surface area contributed by atoms with Gasteiger partial charge in [-0.2, -0.15) is 11.8 Å². The number of benzene rings is 3. The number of rotatable bonds is 8. The molecule has 0 fully saturated rings. The molecule has 4 aromatic rings. The predicted octanol–water partition coefficient (Wildman–Crippen LogP) is 5.62. The maximum atomic E-state index is 13.0. The van der Waals surface area contributed by atoms with E-state index < -0.39 is 0 Å². The molecule has 0 unspecified atom stereocenters. The molecule has 0 aliphatic heterocycles. The van der Waals surface area contributed by atoms with Crippen LogP contribution >= 0.6 is 11.8 Å². The van der Waals surface area contributed by atoms with Crippen LogP contribution in [-0.2, 0) is 6.54 Å². The Hall–Kier alpha value is -3.05. The molecule has 31 heavy (non-hydrogen) atoms. The topological polar surface area (TPSA) is 46.9 Å². The van der Waals surface area contributed by atoms with Crippen molar-refractivity contribution < 1.29 is 4.79 Å². The van der Waals surface area contributed by atoms with Crippen LogP contribution in [0, 0.1) is 6.92 Å². The summed E-state index contributed by atoms with van der Waals surface area (Å²) in [5.74, 6) is 1.77. The van der Waals surface area contributed by atoms with Gasteiger partial charge in [0.05, 0.1) is 17.1 Å².